The standard InChI is InChI=1S/C17H19N5O4/c18-15-13(16(26)22-17(19)21-15)7-11(9-23)8-20-12-4-1-10(2-5-12)3-6-14(24)25/h1-6,9,11,20H,7-8H2,(H,24,25)(H5,18,19,21,22,26). The highest BCUT2D eigenvalue weighted by atomic mass is 16.4. The number of aldehydes is 1. The molecule has 0 fully saturated rings. The number of carboxylic acid groups (broad SMARTS) is 1. The van der Waals surface area contributed by atoms with Crippen LogP contribution in [-0.2, 0) is 16.0 Å². The lowest BCUT2D eigenvalue weighted by Gasteiger charge is -2.13. The summed E-state index contributed by atoms with van der Waals surface area (Å²) in [6.45, 7) is 0.289. The van der Waals surface area contributed by atoms with E-state index in [1.807, 2.05) is 0 Å². The zero-order chi connectivity index (χ0) is 19.1. The van der Waals surface area contributed by atoms with E-state index < -0.39 is 17.4 Å². The molecule has 1 aromatic carbocycles. The molecule has 1 unspecified atom stereocenters. The van der Waals surface area contributed by atoms with Gasteiger partial charge in [0.2, 0.25) is 5.95 Å². The molecule has 1 atom stereocenters. The Labute approximate surface area is 148 Å². The van der Waals surface area contributed by atoms with E-state index in [9.17, 15) is 14.4 Å². The molecule has 0 spiro atoms. The third kappa shape index (κ3) is 5.20. The molecule has 1 heterocycles. The maximum atomic E-state index is 11.9. The van der Waals surface area contributed by atoms with Gasteiger partial charge in [0.25, 0.3) is 5.56 Å². The summed E-state index contributed by atoms with van der Waals surface area (Å²) in [5.41, 5.74) is 12.4. The molecule has 2 aromatic rings. The molecule has 0 bridgehead atoms. The van der Waals surface area contributed by atoms with Gasteiger partial charge in [-0.25, -0.2) is 4.79 Å². The van der Waals surface area contributed by atoms with Crippen LogP contribution in [0, 0.1) is 5.92 Å². The number of H-pyrrole nitrogens is 1. The summed E-state index contributed by atoms with van der Waals surface area (Å²) >= 11 is 0. The van der Waals surface area contributed by atoms with Gasteiger partial charge < -0.3 is 26.7 Å². The van der Waals surface area contributed by atoms with Crippen LogP contribution in [-0.4, -0.2) is 33.9 Å². The minimum absolute atomic E-state index is 0.00710. The minimum Gasteiger partial charge on any atom is -0.478 e. The molecule has 9 heteroatoms. The number of hydrogen-bond donors (Lipinski definition) is 5. The summed E-state index contributed by atoms with van der Waals surface area (Å²) in [5.74, 6) is -1.58. The number of carbonyl (C=O) groups is 2. The van der Waals surface area contributed by atoms with Gasteiger partial charge in [-0.2, -0.15) is 4.98 Å². The van der Waals surface area contributed by atoms with Gasteiger partial charge in [-0.3, -0.25) is 9.78 Å². The van der Waals surface area contributed by atoms with Crippen molar-refractivity contribution in [2.75, 3.05) is 23.3 Å². The molecule has 7 N–H and O–H groups in total. The zero-order valence-corrected chi connectivity index (χ0v) is 13.8. The smallest absolute Gasteiger partial charge is 0.328 e. The number of aliphatic carboxylic acids is 1. The van der Waals surface area contributed by atoms with E-state index in [2.05, 4.69) is 15.3 Å². The maximum Gasteiger partial charge on any atom is 0.328 e. The monoisotopic (exact) mass is 357 g/mol. The van der Waals surface area contributed by atoms with Gasteiger partial charge in [0.05, 0.1) is 5.56 Å². The van der Waals surface area contributed by atoms with Crippen molar-refractivity contribution in [1.29, 1.82) is 0 Å². The van der Waals surface area contributed by atoms with Gasteiger partial charge in [0, 0.05) is 24.2 Å². The molecule has 26 heavy (non-hydrogen) atoms. The van der Waals surface area contributed by atoms with E-state index in [4.69, 9.17) is 16.6 Å². The van der Waals surface area contributed by atoms with E-state index >= 15 is 0 Å². The van der Waals surface area contributed by atoms with Crippen molar-refractivity contribution < 1.29 is 14.7 Å². The first-order chi connectivity index (χ1) is 12.4. The summed E-state index contributed by atoms with van der Waals surface area (Å²) in [5, 5.41) is 11.7. The Morgan fingerprint density at radius 2 is 2.00 bits per heavy atom. The Morgan fingerprint density at radius 1 is 1.31 bits per heavy atom. The topological polar surface area (TPSA) is 164 Å². The number of nitrogen functional groups attached to an aromatic ring is 2. The SMILES string of the molecule is Nc1nc(N)c(CC(C=O)CNc2ccc(C=CC(=O)O)cc2)c(=O)[nH]1. The van der Waals surface area contributed by atoms with Crippen LogP contribution in [0.5, 0.6) is 0 Å². The Morgan fingerprint density at radius 3 is 2.58 bits per heavy atom. The number of carbonyl (C=O) groups excluding carboxylic acids is 1. The number of aromatic nitrogens is 2. The molecule has 0 radical (unpaired) electrons. The van der Waals surface area contributed by atoms with E-state index in [0.29, 0.717) is 0 Å². The largest absolute Gasteiger partial charge is 0.478 e. The number of carboxylic acids is 1. The van der Waals surface area contributed by atoms with Crippen LogP contribution in [0.1, 0.15) is 11.1 Å². The van der Waals surface area contributed by atoms with Crippen molar-refractivity contribution in [2.24, 2.45) is 5.92 Å². The highest BCUT2D eigenvalue weighted by Gasteiger charge is 2.15. The van der Waals surface area contributed by atoms with Crippen LogP contribution in [0.2, 0.25) is 0 Å². The number of rotatable bonds is 8. The van der Waals surface area contributed by atoms with E-state index in [0.717, 1.165) is 23.6 Å². The fourth-order valence-electron chi connectivity index (χ4n) is 2.29. The van der Waals surface area contributed by atoms with Crippen LogP contribution >= 0.6 is 0 Å². The molecule has 0 amide bonds. The van der Waals surface area contributed by atoms with Gasteiger partial charge in [-0.15, -0.1) is 0 Å². The van der Waals surface area contributed by atoms with Gasteiger partial charge in [-0.1, -0.05) is 12.1 Å². The molecular formula is C17H19N5O4. The van der Waals surface area contributed by atoms with E-state index in [1.165, 1.54) is 6.08 Å². The van der Waals surface area contributed by atoms with Crippen molar-refractivity contribution in [3.8, 4) is 0 Å². The quantitative estimate of drug-likeness (QED) is 0.336. The second-order valence-electron chi connectivity index (χ2n) is 5.59. The Balaban J connectivity index is 2.00. The highest BCUT2D eigenvalue weighted by Crippen LogP contribution is 2.14. The number of nitrogens with zero attached hydrogens (tertiary/aromatic N) is 1. The second kappa shape index (κ2) is 8.47. The van der Waals surface area contributed by atoms with Gasteiger partial charge in [0.15, 0.2) is 0 Å². The lowest BCUT2D eigenvalue weighted by Crippen LogP contribution is -2.25. The normalized spacial score (nSPS) is 12.0. The molecule has 0 aliphatic rings. The third-order valence-corrected chi connectivity index (χ3v) is 3.62. The second-order valence-corrected chi connectivity index (χ2v) is 5.59. The van der Waals surface area contributed by atoms with E-state index in [1.54, 1.807) is 24.3 Å². The van der Waals surface area contributed by atoms with Gasteiger partial charge in [0.1, 0.15) is 12.1 Å². The molecule has 0 aliphatic heterocycles. The lowest BCUT2D eigenvalue weighted by atomic mass is 10.0. The van der Waals surface area contributed by atoms with Gasteiger partial charge in [-0.05, 0) is 30.2 Å². The predicted octanol–water partition coefficient (Wildman–Crippen LogP) is 0.502. The van der Waals surface area contributed by atoms with Crippen molar-refractivity contribution in [3.63, 3.8) is 0 Å². The maximum absolute atomic E-state index is 11.9. The van der Waals surface area contributed by atoms with Crippen molar-refractivity contribution in [3.05, 3.63) is 51.8 Å². The fraction of sp³-hybridized carbons (Fsp3) is 0.176. The molecular weight excluding hydrogens is 338 g/mol. The lowest BCUT2D eigenvalue weighted by molar-refractivity contribution is -0.131. The number of nitrogens with one attached hydrogen (secondary N) is 2. The molecule has 136 valence electrons. The molecule has 2 rings (SSSR count). The molecule has 0 aliphatic carbocycles. The first kappa shape index (κ1) is 18.7. The average molecular weight is 357 g/mol. The summed E-state index contributed by atoms with van der Waals surface area (Å²) in [6.07, 6.45) is 3.40. The first-order valence-electron chi connectivity index (χ1n) is 7.73. The minimum atomic E-state index is -1.02. The molecule has 0 saturated carbocycles. The zero-order valence-electron chi connectivity index (χ0n) is 13.8. The fourth-order valence-corrected chi connectivity index (χ4v) is 2.29. The number of benzene rings is 1. The van der Waals surface area contributed by atoms with Crippen LogP contribution in [0.3, 0.4) is 0 Å². The summed E-state index contributed by atoms with van der Waals surface area (Å²) in [7, 11) is 0. The summed E-state index contributed by atoms with van der Waals surface area (Å²) in [4.78, 5) is 39.9. The van der Waals surface area contributed by atoms with Crippen LogP contribution < -0.4 is 22.3 Å². The van der Waals surface area contributed by atoms with Gasteiger partial charge >= 0.3 is 5.97 Å². The Kier molecular flexibility index (Phi) is 6.10. The third-order valence-electron chi connectivity index (χ3n) is 3.62. The number of hydrogen-bond acceptors (Lipinski definition) is 7. The average Bonchev–Trinajstić information content (AvgIpc) is 2.59. The van der Waals surface area contributed by atoms with Crippen LogP contribution in [0.15, 0.2) is 35.1 Å². The van der Waals surface area contributed by atoms with Crippen molar-refractivity contribution >= 4 is 35.8 Å². The first-order valence-corrected chi connectivity index (χ1v) is 7.73. The van der Waals surface area contributed by atoms with Crippen molar-refractivity contribution in [1.82, 2.24) is 9.97 Å². The predicted molar refractivity (Wildman–Crippen MR) is 98.5 cm³/mol. The number of nitrogens with two attached hydrogens (primary N) is 2. The highest BCUT2D eigenvalue weighted by molar-refractivity contribution is 5.85. The molecule has 9 nitrogen and oxygen atoms in total. The number of aromatic amines is 1. The van der Waals surface area contributed by atoms with Crippen LogP contribution in [0.4, 0.5) is 17.5 Å². The molecule has 0 saturated heterocycles. The Bertz CT molecular complexity index is 874. The van der Waals surface area contributed by atoms with Crippen molar-refractivity contribution in [2.45, 2.75) is 6.42 Å². The molecule has 1 aromatic heterocycles. The van der Waals surface area contributed by atoms with E-state index in [-0.39, 0.29) is 30.3 Å². The number of anilines is 3. The summed E-state index contributed by atoms with van der Waals surface area (Å²) in [6, 6.07) is 7.00. The van der Waals surface area contributed by atoms with Crippen LogP contribution in [0.25, 0.3) is 6.08 Å². The summed E-state index contributed by atoms with van der Waals surface area (Å²) < 4.78 is 0. The Hall–Kier alpha value is -3.62.